The molecule has 0 saturated carbocycles. The number of fused-ring (bicyclic) bond motifs is 1. The minimum absolute atomic E-state index is 0.106. The first-order valence-electron chi connectivity index (χ1n) is 20.3. The minimum atomic E-state index is -6.05. The van der Waals surface area contributed by atoms with Gasteiger partial charge in [-0.1, -0.05) is 78.3 Å². The molecule has 19 heteroatoms. The van der Waals surface area contributed by atoms with Crippen LogP contribution in [0, 0.1) is 0 Å². The van der Waals surface area contributed by atoms with E-state index in [-0.39, 0.29) is 17.5 Å². The molecule has 5 aromatic rings. The maximum Gasteiger partial charge on any atom is 0.501 e. The summed E-state index contributed by atoms with van der Waals surface area (Å²) < 4.78 is 101. The third kappa shape index (κ3) is 10.3. The highest BCUT2D eigenvalue weighted by molar-refractivity contribution is 7.93. The SMILES string of the molecule is CN(C)CC[C@H](c1ccccc1)N(CS)c1ccc(S(=O)(=O)Nc2nnc3n2CCN(C2CCN(Cc4ccccc4-c4ccc(Cl)cc4)CC2)CC3)cc1S(=O)(=O)C(F)(F)F. The van der Waals surface area contributed by atoms with Gasteiger partial charge < -0.3 is 9.80 Å². The van der Waals surface area contributed by atoms with Crippen molar-refractivity contribution in [2.24, 2.45) is 0 Å². The van der Waals surface area contributed by atoms with Gasteiger partial charge in [-0.15, -0.1) is 10.2 Å². The minimum Gasteiger partial charge on any atom is -0.354 e. The maximum atomic E-state index is 14.3. The first kappa shape index (κ1) is 45.8. The fourth-order valence-corrected chi connectivity index (χ4v) is 10.9. The van der Waals surface area contributed by atoms with E-state index in [4.69, 9.17) is 11.6 Å². The van der Waals surface area contributed by atoms with Gasteiger partial charge in [-0.05, 0) is 106 Å². The van der Waals surface area contributed by atoms with Crippen molar-refractivity contribution in [1.82, 2.24) is 29.5 Å². The molecule has 12 nitrogen and oxygen atoms in total. The molecule has 1 atom stereocenters. The van der Waals surface area contributed by atoms with Crippen LogP contribution in [0.5, 0.6) is 0 Å². The Bertz CT molecular complexity index is 2540. The van der Waals surface area contributed by atoms with Crippen molar-refractivity contribution in [1.29, 1.82) is 0 Å². The van der Waals surface area contributed by atoms with Gasteiger partial charge in [-0.3, -0.25) is 14.4 Å². The van der Waals surface area contributed by atoms with Crippen molar-refractivity contribution in [2.45, 2.75) is 66.2 Å². The van der Waals surface area contributed by atoms with Gasteiger partial charge in [-0.25, -0.2) is 21.6 Å². The van der Waals surface area contributed by atoms with Gasteiger partial charge in [0.1, 0.15) is 10.7 Å². The highest BCUT2D eigenvalue weighted by Crippen LogP contribution is 2.41. The molecule has 1 aromatic heterocycles. The molecular weight excluding hydrogens is 881 g/mol. The van der Waals surface area contributed by atoms with Crippen molar-refractivity contribution in [3.05, 3.63) is 119 Å². The smallest absolute Gasteiger partial charge is 0.354 e. The van der Waals surface area contributed by atoms with Crippen molar-refractivity contribution in [3.63, 3.8) is 0 Å². The van der Waals surface area contributed by atoms with Crippen molar-refractivity contribution < 1.29 is 30.0 Å². The predicted molar refractivity (Wildman–Crippen MR) is 240 cm³/mol. The highest BCUT2D eigenvalue weighted by Gasteiger charge is 2.49. The molecule has 0 spiro atoms. The number of likely N-dealkylation sites (tertiary alicyclic amines) is 1. The second-order valence-corrected chi connectivity index (χ2v) is 20.2. The summed E-state index contributed by atoms with van der Waals surface area (Å²) in [6.45, 7) is 4.81. The summed E-state index contributed by atoms with van der Waals surface area (Å²) in [5.41, 5.74) is -1.77. The number of nitrogens with zero attached hydrogens (tertiary/aromatic N) is 7. The zero-order valence-corrected chi connectivity index (χ0v) is 37.7. The van der Waals surface area contributed by atoms with Crippen LogP contribution >= 0.6 is 24.2 Å². The van der Waals surface area contributed by atoms with Gasteiger partial charge in [0.15, 0.2) is 0 Å². The zero-order valence-electron chi connectivity index (χ0n) is 34.4. The van der Waals surface area contributed by atoms with Crippen LogP contribution in [0.2, 0.25) is 5.02 Å². The molecule has 332 valence electrons. The number of aromatic nitrogens is 3. The fourth-order valence-electron chi connectivity index (χ4n) is 8.35. The number of benzene rings is 4. The fraction of sp³-hybridized carbons (Fsp3) is 0.395. The molecule has 0 unspecified atom stereocenters. The number of nitrogens with one attached hydrogen (secondary N) is 1. The van der Waals surface area contributed by atoms with Gasteiger partial charge in [0.2, 0.25) is 5.95 Å². The number of alkyl halides is 3. The van der Waals surface area contributed by atoms with E-state index in [1.807, 2.05) is 49.3 Å². The quantitative estimate of drug-likeness (QED) is 0.0802. The van der Waals surface area contributed by atoms with Crippen LogP contribution in [-0.4, -0.2) is 111 Å². The average molecular weight is 932 g/mol. The van der Waals surface area contributed by atoms with E-state index in [9.17, 15) is 30.0 Å². The van der Waals surface area contributed by atoms with Gasteiger partial charge in [-0.2, -0.15) is 25.8 Å². The molecule has 0 bridgehead atoms. The molecule has 3 heterocycles. The van der Waals surface area contributed by atoms with Gasteiger partial charge >= 0.3 is 5.51 Å². The molecule has 2 aliphatic heterocycles. The van der Waals surface area contributed by atoms with Crippen LogP contribution in [-0.2, 0) is 39.4 Å². The topological polar surface area (TPSA) is 124 Å². The second-order valence-electron chi connectivity index (χ2n) is 15.9. The molecule has 4 aromatic carbocycles. The lowest BCUT2D eigenvalue weighted by atomic mass is 9.97. The maximum absolute atomic E-state index is 14.3. The third-order valence-corrected chi connectivity index (χ3v) is 15.0. The molecular formula is C43H50ClF3N8O4S3. The number of piperidine rings is 1. The van der Waals surface area contributed by atoms with Crippen molar-refractivity contribution >= 4 is 55.7 Å². The molecule has 1 N–H and O–H groups in total. The van der Waals surface area contributed by atoms with Gasteiger partial charge in [0, 0.05) is 43.7 Å². The van der Waals surface area contributed by atoms with Crippen LogP contribution in [0.25, 0.3) is 11.1 Å². The van der Waals surface area contributed by atoms with E-state index in [1.54, 1.807) is 34.9 Å². The molecule has 0 aliphatic carbocycles. The van der Waals surface area contributed by atoms with Gasteiger partial charge in [0.25, 0.3) is 19.9 Å². The normalized spacial score (nSPS) is 16.5. The van der Waals surface area contributed by atoms with Crippen LogP contribution in [0.4, 0.5) is 24.8 Å². The first-order chi connectivity index (χ1) is 29.6. The summed E-state index contributed by atoms with van der Waals surface area (Å²) in [6, 6.07) is 27.7. The number of hydrogen-bond acceptors (Lipinski definition) is 11. The number of sulfonamides is 1. The average Bonchev–Trinajstić information content (AvgIpc) is 3.48. The van der Waals surface area contributed by atoms with E-state index < -0.39 is 41.2 Å². The Morgan fingerprint density at radius 2 is 1.56 bits per heavy atom. The van der Waals surface area contributed by atoms with E-state index in [2.05, 4.69) is 55.5 Å². The van der Waals surface area contributed by atoms with Crippen molar-refractivity contribution in [2.75, 3.05) is 62.3 Å². The molecule has 62 heavy (non-hydrogen) atoms. The molecule has 0 amide bonds. The van der Waals surface area contributed by atoms with E-state index in [0.717, 1.165) is 55.7 Å². The Kier molecular flexibility index (Phi) is 14.3. The zero-order chi connectivity index (χ0) is 44.2. The Morgan fingerprint density at radius 3 is 2.24 bits per heavy atom. The van der Waals surface area contributed by atoms with E-state index in [0.29, 0.717) is 62.0 Å². The lowest BCUT2D eigenvalue weighted by Gasteiger charge is -2.38. The lowest BCUT2D eigenvalue weighted by molar-refractivity contribution is -0.0436. The third-order valence-electron chi connectivity index (χ3n) is 11.6. The van der Waals surface area contributed by atoms with E-state index >= 15 is 0 Å². The number of anilines is 2. The summed E-state index contributed by atoms with van der Waals surface area (Å²) >= 11 is 10.6. The van der Waals surface area contributed by atoms with Gasteiger partial charge in [0.05, 0.1) is 22.5 Å². The standard InChI is InChI=1S/C43H50ClF3N8O4S3/c1-51(2)22-20-38(32-8-4-3-5-9-32)55(30-60)39-17-16-36(28-40(39)61(56,57)43(45,46)47)62(58,59)50-42-49-48-41-21-25-53(26-27-54(41)42)35-18-23-52(24-19-35)29-33-10-6-7-11-37(33)31-12-14-34(44)15-13-31/h3-17,28,35,38,60H,18-27,29-30H2,1-2H3,(H,49,50)/t38-/m1/s1. The monoisotopic (exact) mass is 930 g/mol. The summed E-state index contributed by atoms with van der Waals surface area (Å²) in [5, 5.41) is 9.07. The largest absolute Gasteiger partial charge is 0.501 e. The molecule has 1 saturated heterocycles. The first-order valence-corrected chi connectivity index (χ1v) is 24.3. The molecule has 2 aliphatic rings. The predicted octanol–water partition coefficient (Wildman–Crippen LogP) is 7.60. The Labute approximate surface area is 372 Å². The van der Waals surface area contributed by atoms with Crippen LogP contribution in [0.3, 0.4) is 0 Å². The summed E-state index contributed by atoms with van der Waals surface area (Å²) in [6.07, 6.45) is 2.81. The summed E-state index contributed by atoms with van der Waals surface area (Å²) in [4.78, 5) is 6.34. The van der Waals surface area contributed by atoms with Crippen LogP contribution in [0.15, 0.2) is 107 Å². The Hall–Kier alpha value is -4.17. The molecule has 7 rings (SSSR count). The number of halogens is 4. The Morgan fingerprint density at radius 1 is 0.871 bits per heavy atom. The van der Waals surface area contributed by atoms with E-state index in [1.165, 1.54) is 16.0 Å². The number of rotatable bonds is 15. The Balaban J connectivity index is 1.06. The lowest BCUT2D eigenvalue weighted by Crippen LogP contribution is -2.45. The molecule has 1 fully saturated rings. The number of hydrogen-bond donors (Lipinski definition) is 2. The summed E-state index contributed by atoms with van der Waals surface area (Å²) in [5.74, 6) is 0.288. The van der Waals surface area contributed by atoms with Crippen LogP contribution < -0.4 is 9.62 Å². The molecule has 0 radical (unpaired) electrons. The van der Waals surface area contributed by atoms with Crippen LogP contribution in [0.1, 0.15) is 42.3 Å². The summed E-state index contributed by atoms with van der Waals surface area (Å²) in [7, 11) is -7.02. The van der Waals surface area contributed by atoms with Crippen molar-refractivity contribution in [3.8, 4) is 11.1 Å². The second kappa shape index (κ2) is 19.3. The highest BCUT2D eigenvalue weighted by atomic mass is 35.5. The number of sulfone groups is 1. The number of thiol groups is 1.